The summed E-state index contributed by atoms with van der Waals surface area (Å²) in [5.74, 6) is 0. The van der Waals surface area contributed by atoms with Crippen molar-refractivity contribution in [3.63, 3.8) is 0 Å². The number of halogens is 3. The van der Waals surface area contributed by atoms with E-state index in [0.717, 1.165) is 0 Å². The van der Waals surface area contributed by atoms with Gasteiger partial charge in [0.15, 0.2) is 0 Å². The zero-order valence-electron chi connectivity index (χ0n) is 2.90. The summed E-state index contributed by atoms with van der Waals surface area (Å²) in [5, 5.41) is 0. The summed E-state index contributed by atoms with van der Waals surface area (Å²) in [4.78, 5) is 0. The molecule has 0 rings (SSSR count). The van der Waals surface area contributed by atoms with Gasteiger partial charge in [0.1, 0.15) is 0 Å². The molecular formula is CHClF2O2S. The first-order valence-corrected chi connectivity index (χ1v) is 2.61. The maximum Gasteiger partial charge on any atom is 0.422 e. The van der Waals surface area contributed by atoms with Crippen molar-refractivity contribution in [3.05, 3.63) is 0 Å². The molecule has 1 atom stereocenters. The Bertz CT molecular complexity index is 88.2. The minimum atomic E-state index is -4.00. The van der Waals surface area contributed by atoms with Gasteiger partial charge >= 0.3 is 4.71 Å². The molecule has 0 heterocycles. The summed E-state index contributed by atoms with van der Waals surface area (Å²) in [7, 11) is 0. The van der Waals surface area contributed by atoms with E-state index in [0.29, 0.717) is 0 Å². The quantitative estimate of drug-likeness (QED) is 0.447. The smallest absolute Gasteiger partial charge is 0.300 e. The fourth-order valence-corrected chi connectivity index (χ4v) is 0. The molecule has 6 heteroatoms. The predicted octanol–water partition coefficient (Wildman–Crippen LogP) is 0.997. The van der Waals surface area contributed by atoms with E-state index >= 15 is 0 Å². The van der Waals surface area contributed by atoms with Crippen molar-refractivity contribution in [2.24, 2.45) is 0 Å². The lowest BCUT2D eigenvalue weighted by molar-refractivity contribution is 0.184. The molecule has 0 aliphatic heterocycles. The fraction of sp³-hybridized carbons (Fsp3) is 1.00. The molecular weight excluding hydrogens is 150 g/mol. The van der Waals surface area contributed by atoms with Crippen LogP contribution in [0.15, 0.2) is 0 Å². The van der Waals surface area contributed by atoms with Gasteiger partial charge in [0.05, 0.1) is 0 Å². The van der Waals surface area contributed by atoms with Gasteiger partial charge in [-0.05, 0) is 11.6 Å². The Hall–Kier alpha value is 0.260. The molecule has 1 unspecified atom stereocenters. The van der Waals surface area contributed by atoms with Crippen molar-refractivity contribution in [3.8, 4) is 0 Å². The molecule has 0 saturated carbocycles. The van der Waals surface area contributed by atoms with Crippen LogP contribution in [0, 0.1) is 0 Å². The van der Waals surface area contributed by atoms with Crippen molar-refractivity contribution in [1.82, 2.24) is 0 Å². The van der Waals surface area contributed by atoms with Gasteiger partial charge in [0.25, 0.3) is 0 Å². The van der Waals surface area contributed by atoms with Crippen LogP contribution < -0.4 is 0 Å². The summed E-state index contributed by atoms with van der Waals surface area (Å²) in [6.45, 7) is 0. The maximum atomic E-state index is 11.1. The van der Waals surface area contributed by atoms with Crippen molar-refractivity contribution in [2.75, 3.05) is 0 Å². The van der Waals surface area contributed by atoms with Gasteiger partial charge in [-0.15, -0.1) is 0 Å². The third kappa shape index (κ3) is 2.90. The molecule has 0 radical (unpaired) electrons. The Morgan fingerprint density at radius 2 is 1.86 bits per heavy atom. The highest BCUT2D eigenvalue weighted by Gasteiger charge is 2.32. The van der Waals surface area contributed by atoms with Crippen LogP contribution >= 0.6 is 11.6 Å². The molecule has 0 fully saturated rings. The normalized spacial score (nSPS) is 16.6. The standard InChI is InChI=1S/CHClF2O2S/c2-1(3,4)7(5)6/h(H,5,6). The van der Waals surface area contributed by atoms with E-state index in [1.165, 1.54) is 0 Å². The fourth-order valence-electron chi connectivity index (χ4n) is 0. The lowest BCUT2D eigenvalue weighted by Crippen LogP contribution is -2.12. The van der Waals surface area contributed by atoms with Gasteiger partial charge in [-0.2, -0.15) is 8.78 Å². The first-order chi connectivity index (χ1) is 2.94. The molecule has 0 spiro atoms. The van der Waals surface area contributed by atoms with E-state index in [2.05, 4.69) is 11.6 Å². The van der Waals surface area contributed by atoms with Crippen LogP contribution in [0.4, 0.5) is 8.78 Å². The van der Waals surface area contributed by atoms with E-state index in [-0.39, 0.29) is 0 Å². The molecule has 0 aliphatic rings. The molecule has 44 valence electrons. The summed E-state index contributed by atoms with van der Waals surface area (Å²) >= 11 is 0.734. The van der Waals surface area contributed by atoms with Crippen molar-refractivity contribution in [1.29, 1.82) is 0 Å². The van der Waals surface area contributed by atoms with Crippen molar-refractivity contribution in [2.45, 2.75) is 4.71 Å². The van der Waals surface area contributed by atoms with Gasteiger partial charge in [0.2, 0.25) is 11.1 Å². The molecule has 0 aromatic carbocycles. The number of alkyl halides is 3. The van der Waals surface area contributed by atoms with Crippen LogP contribution in [0.1, 0.15) is 0 Å². The molecule has 7 heavy (non-hydrogen) atoms. The lowest BCUT2D eigenvalue weighted by Gasteiger charge is -1.96. The van der Waals surface area contributed by atoms with E-state index in [1.807, 2.05) is 0 Å². The Morgan fingerprint density at radius 1 is 1.71 bits per heavy atom. The summed E-state index contributed by atoms with van der Waals surface area (Å²) in [6.07, 6.45) is 0. The zero-order valence-corrected chi connectivity index (χ0v) is 4.47. The summed E-state index contributed by atoms with van der Waals surface area (Å²) in [6, 6.07) is 0. The predicted molar refractivity (Wildman–Crippen MR) is 21.6 cm³/mol. The first-order valence-electron chi connectivity index (χ1n) is 1.12. The highest BCUT2D eigenvalue weighted by Crippen LogP contribution is 2.20. The van der Waals surface area contributed by atoms with Crippen LogP contribution in [0.3, 0.4) is 0 Å². The van der Waals surface area contributed by atoms with E-state index in [1.54, 1.807) is 0 Å². The average molecular weight is 151 g/mol. The molecule has 0 aliphatic carbocycles. The average Bonchev–Trinajstić information content (AvgIpc) is 1.31. The van der Waals surface area contributed by atoms with E-state index in [4.69, 9.17) is 4.55 Å². The van der Waals surface area contributed by atoms with Crippen LogP contribution in [-0.4, -0.2) is 13.5 Å². The second kappa shape index (κ2) is 2.02. The van der Waals surface area contributed by atoms with Crippen LogP contribution in [0.5, 0.6) is 0 Å². The first kappa shape index (κ1) is 7.26. The Morgan fingerprint density at radius 3 is 1.86 bits per heavy atom. The molecule has 0 saturated heterocycles. The second-order valence-corrected chi connectivity index (χ2v) is 2.40. The largest absolute Gasteiger partial charge is 0.422 e. The van der Waals surface area contributed by atoms with E-state index in [9.17, 15) is 13.0 Å². The molecule has 0 aromatic heterocycles. The highest BCUT2D eigenvalue weighted by molar-refractivity contribution is 7.81. The van der Waals surface area contributed by atoms with Crippen molar-refractivity contribution < 1.29 is 17.5 Å². The summed E-state index contributed by atoms with van der Waals surface area (Å²) < 4.78 is 34.8. The topological polar surface area (TPSA) is 37.3 Å². The van der Waals surface area contributed by atoms with Crippen LogP contribution in [-0.2, 0) is 11.1 Å². The highest BCUT2D eigenvalue weighted by atomic mass is 35.5. The Kier molecular flexibility index (Phi) is 2.09. The van der Waals surface area contributed by atoms with Gasteiger partial charge in [0, 0.05) is 0 Å². The number of rotatable bonds is 1. The molecule has 0 aromatic rings. The third-order valence-corrected chi connectivity index (χ3v) is 0.990. The third-order valence-electron chi connectivity index (χ3n) is 0.198. The van der Waals surface area contributed by atoms with Crippen LogP contribution in [0.25, 0.3) is 0 Å². The molecule has 1 N–H and O–H groups in total. The maximum absolute atomic E-state index is 11.1. The second-order valence-electron chi connectivity index (χ2n) is 0.695. The molecule has 2 nitrogen and oxygen atoms in total. The van der Waals surface area contributed by atoms with E-state index < -0.39 is 15.8 Å². The molecule has 0 bridgehead atoms. The monoisotopic (exact) mass is 150 g/mol. The SMILES string of the molecule is O=S(O)C(F)(F)Cl. The number of hydrogen-bond acceptors (Lipinski definition) is 1. The van der Waals surface area contributed by atoms with Gasteiger partial charge in [-0.1, -0.05) is 0 Å². The zero-order chi connectivity index (χ0) is 6.08. The molecule has 0 amide bonds. The van der Waals surface area contributed by atoms with Gasteiger partial charge in [-0.25, -0.2) is 4.21 Å². The Balaban J connectivity index is 3.79. The minimum Gasteiger partial charge on any atom is -0.300 e. The minimum absolute atomic E-state index is 3.25. The van der Waals surface area contributed by atoms with Crippen LogP contribution in [0.2, 0.25) is 0 Å². The van der Waals surface area contributed by atoms with Crippen molar-refractivity contribution >= 4 is 22.7 Å². The number of hydrogen-bond donors (Lipinski definition) is 1. The van der Waals surface area contributed by atoms with Gasteiger partial charge in [-0.3, -0.25) is 0 Å². The Labute approximate surface area is 45.8 Å². The summed E-state index contributed by atoms with van der Waals surface area (Å²) in [5.41, 5.74) is 0. The lowest BCUT2D eigenvalue weighted by atomic mass is 11.6. The van der Waals surface area contributed by atoms with Gasteiger partial charge < -0.3 is 4.55 Å².